The molecule has 0 saturated carbocycles. The fraction of sp³-hybridized carbons (Fsp3) is 0. The van der Waals surface area contributed by atoms with Gasteiger partial charge in [-0.1, -0.05) is 194 Å². The maximum Gasteiger partial charge on any atom is 0.164 e. The van der Waals surface area contributed by atoms with E-state index in [1.54, 1.807) is 0 Å². The summed E-state index contributed by atoms with van der Waals surface area (Å²) in [6, 6.07) is 88.2. The minimum absolute atomic E-state index is 0.600. The first kappa shape index (κ1) is 39.2. The Bertz CT molecular complexity index is 3910. The lowest BCUT2D eigenvalue weighted by atomic mass is 9.96. The highest BCUT2D eigenvalue weighted by Gasteiger charge is 2.21. The van der Waals surface area contributed by atoms with E-state index in [0.29, 0.717) is 17.5 Å². The Kier molecular flexibility index (Phi) is 9.43. The zero-order valence-electron chi connectivity index (χ0n) is 36.9. The van der Waals surface area contributed by atoms with Gasteiger partial charge in [-0.2, -0.15) is 0 Å². The second-order valence-electron chi connectivity index (χ2n) is 17.2. The highest BCUT2D eigenvalue weighted by Crippen LogP contribution is 2.41. The van der Waals surface area contributed by atoms with E-state index in [2.05, 4.69) is 240 Å². The first-order chi connectivity index (χ1) is 33.7. The summed E-state index contributed by atoms with van der Waals surface area (Å²) < 4.78 is 4.80. The van der Waals surface area contributed by atoms with E-state index in [9.17, 15) is 0 Å². The van der Waals surface area contributed by atoms with Crippen molar-refractivity contribution in [3.63, 3.8) is 0 Å². The van der Waals surface area contributed by atoms with Crippen molar-refractivity contribution in [1.29, 1.82) is 0 Å². The standard InChI is InChI=1S/C63H41N5/c1-4-19-42(20-5-1)45-35-37-49(60(41-45)68-57-33-16-12-29-52(57)53-30-13-17-34-58(53)68)46-25-18-26-47(39-46)62-64-61(44-23-8-3-9-24-44)65-63(66-62)48-36-38-59(54(40-48)43-21-6-2-7-22-43)67-55-31-14-10-27-50(55)51-28-11-15-32-56(51)67/h1-41H. The quantitative estimate of drug-likeness (QED) is 0.153. The van der Waals surface area contributed by atoms with Crippen LogP contribution in [0.3, 0.4) is 0 Å². The largest absolute Gasteiger partial charge is 0.309 e. The summed E-state index contributed by atoms with van der Waals surface area (Å²) >= 11 is 0. The van der Waals surface area contributed by atoms with E-state index in [-0.39, 0.29) is 0 Å². The monoisotopic (exact) mass is 867 g/mol. The van der Waals surface area contributed by atoms with Crippen LogP contribution in [0, 0.1) is 0 Å². The lowest BCUT2D eigenvalue weighted by Gasteiger charge is -2.17. The van der Waals surface area contributed by atoms with Crippen LogP contribution < -0.4 is 0 Å². The maximum absolute atomic E-state index is 5.33. The van der Waals surface area contributed by atoms with Gasteiger partial charge in [0.2, 0.25) is 0 Å². The van der Waals surface area contributed by atoms with Gasteiger partial charge in [-0.3, -0.25) is 0 Å². The molecule has 5 heteroatoms. The molecule has 13 rings (SSSR count). The number of hydrogen-bond acceptors (Lipinski definition) is 3. The molecule has 0 unspecified atom stereocenters. The van der Waals surface area contributed by atoms with Gasteiger partial charge in [0.25, 0.3) is 0 Å². The van der Waals surface area contributed by atoms with E-state index in [4.69, 9.17) is 15.0 Å². The van der Waals surface area contributed by atoms with Crippen molar-refractivity contribution >= 4 is 43.6 Å². The zero-order valence-corrected chi connectivity index (χ0v) is 36.9. The van der Waals surface area contributed by atoms with Crippen LogP contribution in [0.5, 0.6) is 0 Å². The molecule has 5 nitrogen and oxygen atoms in total. The molecule has 0 spiro atoms. The number of fused-ring (bicyclic) bond motifs is 6. The van der Waals surface area contributed by atoms with Crippen molar-refractivity contribution in [3.05, 3.63) is 249 Å². The van der Waals surface area contributed by atoms with Crippen molar-refractivity contribution in [3.8, 4) is 78.9 Å². The van der Waals surface area contributed by atoms with Gasteiger partial charge in [0.15, 0.2) is 17.5 Å². The molecule has 0 bridgehead atoms. The second-order valence-corrected chi connectivity index (χ2v) is 17.2. The lowest BCUT2D eigenvalue weighted by Crippen LogP contribution is -2.02. The Morgan fingerprint density at radius 3 is 1.16 bits per heavy atom. The first-order valence-corrected chi connectivity index (χ1v) is 23.0. The Morgan fingerprint density at radius 1 is 0.221 bits per heavy atom. The summed E-state index contributed by atoms with van der Waals surface area (Å²) in [5.41, 5.74) is 16.2. The zero-order chi connectivity index (χ0) is 45.0. The van der Waals surface area contributed by atoms with Crippen molar-refractivity contribution in [2.24, 2.45) is 0 Å². The molecule has 68 heavy (non-hydrogen) atoms. The highest BCUT2D eigenvalue weighted by molar-refractivity contribution is 6.11. The van der Waals surface area contributed by atoms with Crippen LogP contribution >= 0.6 is 0 Å². The number of rotatable bonds is 8. The molecule has 0 radical (unpaired) electrons. The smallest absolute Gasteiger partial charge is 0.164 e. The van der Waals surface area contributed by atoms with Crippen molar-refractivity contribution < 1.29 is 0 Å². The van der Waals surface area contributed by atoms with Gasteiger partial charge in [0, 0.05) is 49.4 Å². The van der Waals surface area contributed by atoms with Crippen LogP contribution in [0.15, 0.2) is 249 Å². The maximum atomic E-state index is 5.33. The summed E-state index contributed by atoms with van der Waals surface area (Å²) in [6.07, 6.45) is 0. The fourth-order valence-corrected chi connectivity index (χ4v) is 10.0. The molecule has 0 aliphatic heterocycles. The Hall–Kier alpha value is -9.19. The topological polar surface area (TPSA) is 48.5 Å². The van der Waals surface area contributed by atoms with Gasteiger partial charge in [-0.25, -0.2) is 15.0 Å². The van der Waals surface area contributed by atoms with Crippen LogP contribution in [0.25, 0.3) is 123 Å². The van der Waals surface area contributed by atoms with Gasteiger partial charge in [-0.15, -0.1) is 0 Å². The first-order valence-electron chi connectivity index (χ1n) is 23.0. The van der Waals surface area contributed by atoms with Crippen molar-refractivity contribution in [2.45, 2.75) is 0 Å². The molecular weight excluding hydrogens is 827 g/mol. The van der Waals surface area contributed by atoms with E-state index >= 15 is 0 Å². The number of aromatic nitrogens is 5. The molecule has 0 atom stereocenters. The van der Waals surface area contributed by atoms with E-state index < -0.39 is 0 Å². The molecule has 0 amide bonds. The summed E-state index contributed by atoms with van der Waals surface area (Å²) in [5, 5.41) is 4.88. The average molecular weight is 868 g/mol. The minimum atomic E-state index is 0.600. The molecule has 3 heterocycles. The van der Waals surface area contributed by atoms with Crippen LogP contribution in [0.1, 0.15) is 0 Å². The van der Waals surface area contributed by atoms with Crippen LogP contribution in [-0.2, 0) is 0 Å². The molecule has 0 N–H and O–H groups in total. The number of hydrogen-bond donors (Lipinski definition) is 0. The molecule has 10 aromatic carbocycles. The van der Waals surface area contributed by atoms with Crippen LogP contribution in [0.4, 0.5) is 0 Å². The molecule has 0 aliphatic rings. The summed E-state index contributed by atoms with van der Waals surface area (Å²) in [6.45, 7) is 0. The molecular formula is C63H41N5. The Morgan fingerprint density at radius 2 is 0.618 bits per heavy atom. The Labute approximate surface area is 393 Å². The summed E-state index contributed by atoms with van der Waals surface area (Å²) in [7, 11) is 0. The fourth-order valence-electron chi connectivity index (χ4n) is 10.0. The van der Waals surface area contributed by atoms with E-state index in [0.717, 1.165) is 77.9 Å². The predicted octanol–water partition coefficient (Wildman–Crippen LogP) is 16.1. The molecule has 318 valence electrons. The normalized spacial score (nSPS) is 11.5. The van der Waals surface area contributed by atoms with Gasteiger partial charge in [0.05, 0.1) is 33.4 Å². The third-order valence-corrected chi connectivity index (χ3v) is 13.2. The van der Waals surface area contributed by atoms with Crippen molar-refractivity contribution in [2.75, 3.05) is 0 Å². The molecule has 0 saturated heterocycles. The molecule has 0 fully saturated rings. The Balaban J connectivity index is 0.998. The van der Waals surface area contributed by atoms with E-state index in [1.807, 2.05) is 18.2 Å². The molecule has 0 aliphatic carbocycles. The van der Waals surface area contributed by atoms with Crippen LogP contribution in [0.2, 0.25) is 0 Å². The SMILES string of the molecule is c1ccc(-c2ccc(-c3cccc(-c4nc(-c5ccccc5)nc(-c5ccc(-n6c7ccccc7c7ccccc76)c(-c6ccccc6)c5)n4)c3)c(-n3c4ccccc4c4ccccc43)c2)cc1. The second kappa shape index (κ2) is 16.4. The van der Waals surface area contributed by atoms with Gasteiger partial charge < -0.3 is 9.13 Å². The molecule has 3 aromatic heterocycles. The lowest BCUT2D eigenvalue weighted by molar-refractivity contribution is 1.07. The number of nitrogens with zero attached hydrogens (tertiary/aromatic N) is 5. The minimum Gasteiger partial charge on any atom is -0.309 e. The predicted molar refractivity (Wildman–Crippen MR) is 281 cm³/mol. The van der Waals surface area contributed by atoms with Gasteiger partial charge >= 0.3 is 0 Å². The average Bonchev–Trinajstić information content (AvgIpc) is 3.94. The van der Waals surface area contributed by atoms with Gasteiger partial charge in [-0.05, 0) is 76.9 Å². The highest BCUT2D eigenvalue weighted by atomic mass is 15.0. The van der Waals surface area contributed by atoms with E-state index in [1.165, 1.54) is 27.1 Å². The summed E-state index contributed by atoms with van der Waals surface area (Å²) in [4.78, 5) is 15.8. The number of benzene rings is 10. The number of para-hydroxylation sites is 4. The van der Waals surface area contributed by atoms with Crippen LogP contribution in [-0.4, -0.2) is 24.1 Å². The summed E-state index contributed by atoms with van der Waals surface area (Å²) in [5.74, 6) is 1.81. The third kappa shape index (κ3) is 6.68. The molecule has 13 aromatic rings. The third-order valence-electron chi connectivity index (χ3n) is 13.2. The van der Waals surface area contributed by atoms with Gasteiger partial charge in [0.1, 0.15) is 0 Å². The van der Waals surface area contributed by atoms with Crippen molar-refractivity contribution in [1.82, 2.24) is 24.1 Å².